The fourth-order valence-corrected chi connectivity index (χ4v) is 1.66. The third kappa shape index (κ3) is 2.82. The van der Waals surface area contributed by atoms with Gasteiger partial charge >= 0.3 is 0 Å². The highest BCUT2D eigenvalue weighted by Gasteiger charge is 2.05. The van der Waals surface area contributed by atoms with E-state index in [2.05, 4.69) is 5.10 Å². The summed E-state index contributed by atoms with van der Waals surface area (Å²) in [4.78, 5) is 0. The van der Waals surface area contributed by atoms with Crippen molar-refractivity contribution in [1.29, 1.82) is 0 Å². The van der Waals surface area contributed by atoms with Crippen LogP contribution in [0.5, 0.6) is 0 Å². The summed E-state index contributed by atoms with van der Waals surface area (Å²) < 4.78 is 14.3. The maximum atomic E-state index is 12.7. The molecule has 2 rings (SSSR count). The van der Waals surface area contributed by atoms with Crippen LogP contribution in [0, 0.1) is 5.82 Å². The summed E-state index contributed by atoms with van der Waals surface area (Å²) in [6.45, 7) is 0.386. The van der Waals surface area contributed by atoms with E-state index in [4.69, 9.17) is 10.8 Å². The molecule has 1 aromatic heterocycles. The SMILES string of the molecule is Nc1cc(Cc2ccc(F)cc2)nn1CCO. The van der Waals surface area contributed by atoms with Crippen LogP contribution in [0.2, 0.25) is 0 Å². The number of nitrogen functional groups attached to an aromatic ring is 1. The van der Waals surface area contributed by atoms with Crippen LogP contribution in [0.4, 0.5) is 10.2 Å². The lowest BCUT2D eigenvalue weighted by Crippen LogP contribution is -2.07. The summed E-state index contributed by atoms with van der Waals surface area (Å²) in [7, 11) is 0. The molecule has 0 amide bonds. The largest absolute Gasteiger partial charge is 0.394 e. The molecule has 1 aromatic carbocycles. The Morgan fingerprint density at radius 3 is 2.65 bits per heavy atom. The summed E-state index contributed by atoms with van der Waals surface area (Å²) in [5.74, 6) is 0.273. The van der Waals surface area contributed by atoms with Gasteiger partial charge in [0.25, 0.3) is 0 Å². The van der Waals surface area contributed by atoms with Crippen molar-refractivity contribution in [1.82, 2.24) is 9.78 Å². The average molecular weight is 235 g/mol. The van der Waals surface area contributed by atoms with Gasteiger partial charge < -0.3 is 10.8 Å². The Morgan fingerprint density at radius 2 is 2.00 bits per heavy atom. The van der Waals surface area contributed by atoms with E-state index in [0.717, 1.165) is 11.3 Å². The van der Waals surface area contributed by atoms with Crippen LogP contribution >= 0.6 is 0 Å². The van der Waals surface area contributed by atoms with Crippen LogP contribution in [0.25, 0.3) is 0 Å². The highest BCUT2D eigenvalue weighted by atomic mass is 19.1. The predicted molar refractivity (Wildman–Crippen MR) is 62.9 cm³/mol. The highest BCUT2D eigenvalue weighted by Crippen LogP contribution is 2.12. The maximum Gasteiger partial charge on any atom is 0.123 e. The van der Waals surface area contributed by atoms with E-state index in [1.54, 1.807) is 22.9 Å². The molecule has 4 nitrogen and oxygen atoms in total. The fraction of sp³-hybridized carbons (Fsp3) is 0.250. The Hall–Kier alpha value is -1.88. The zero-order valence-electron chi connectivity index (χ0n) is 9.31. The van der Waals surface area contributed by atoms with Crippen molar-refractivity contribution >= 4 is 5.82 Å². The van der Waals surface area contributed by atoms with E-state index in [1.165, 1.54) is 12.1 Å². The number of hydrogen-bond acceptors (Lipinski definition) is 3. The number of benzene rings is 1. The van der Waals surface area contributed by atoms with Crippen LogP contribution in [0.3, 0.4) is 0 Å². The molecular formula is C12H14FN3O. The Bertz CT molecular complexity index is 493. The molecule has 0 aliphatic heterocycles. The highest BCUT2D eigenvalue weighted by molar-refractivity contribution is 5.33. The molecule has 90 valence electrons. The number of rotatable bonds is 4. The maximum absolute atomic E-state index is 12.7. The summed E-state index contributed by atoms with van der Waals surface area (Å²) in [5.41, 5.74) is 7.51. The third-order valence-corrected chi connectivity index (χ3v) is 2.47. The van der Waals surface area contributed by atoms with Gasteiger partial charge in [0.1, 0.15) is 11.6 Å². The first-order chi connectivity index (χ1) is 8.19. The lowest BCUT2D eigenvalue weighted by molar-refractivity contribution is 0.270. The minimum absolute atomic E-state index is 0.00185. The van der Waals surface area contributed by atoms with Crippen LogP contribution in [-0.2, 0) is 13.0 Å². The quantitative estimate of drug-likeness (QED) is 0.836. The molecule has 0 unspecified atom stereocenters. The number of nitrogens with zero attached hydrogens (tertiary/aromatic N) is 2. The van der Waals surface area contributed by atoms with Crippen molar-refractivity contribution in [3.63, 3.8) is 0 Å². The molecule has 0 aliphatic rings. The topological polar surface area (TPSA) is 64.1 Å². The Balaban J connectivity index is 2.13. The predicted octanol–water partition coefficient (Wildman–Crippen LogP) is 1.19. The number of aliphatic hydroxyl groups excluding tert-OH is 1. The van der Waals surface area contributed by atoms with Crippen molar-refractivity contribution in [3.05, 3.63) is 47.4 Å². The molecule has 0 atom stereocenters. The molecule has 3 N–H and O–H groups in total. The minimum Gasteiger partial charge on any atom is -0.394 e. The van der Waals surface area contributed by atoms with Crippen molar-refractivity contribution in [2.45, 2.75) is 13.0 Å². The third-order valence-electron chi connectivity index (χ3n) is 2.47. The molecule has 5 heteroatoms. The number of hydrogen-bond donors (Lipinski definition) is 2. The Labute approximate surface area is 98.5 Å². The summed E-state index contributed by atoms with van der Waals surface area (Å²) in [5, 5.41) is 13.1. The van der Waals surface area contributed by atoms with Gasteiger partial charge in [-0.2, -0.15) is 5.10 Å². The summed E-state index contributed by atoms with van der Waals surface area (Å²) >= 11 is 0. The summed E-state index contributed by atoms with van der Waals surface area (Å²) in [6.07, 6.45) is 0.600. The van der Waals surface area contributed by atoms with Crippen molar-refractivity contribution in [3.8, 4) is 0 Å². The van der Waals surface area contributed by atoms with Gasteiger partial charge in [0.15, 0.2) is 0 Å². The second-order valence-corrected chi connectivity index (χ2v) is 3.81. The number of nitrogens with two attached hydrogens (primary N) is 1. The van der Waals surface area contributed by atoms with Gasteiger partial charge in [0.2, 0.25) is 0 Å². The number of aliphatic hydroxyl groups is 1. The van der Waals surface area contributed by atoms with Gasteiger partial charge in [-0.3, -0.25) is 0 Å². The van der Waals surface area contributed by atoms with Crippen LogP contribution < -0.4 is 5.73 Å². The van der Waals surface area contributed by atoms with Crippen LogP contribution in [0.15, 0.2) is 30.3 Å². The standard InChI is InChI=1S/C12H14FN3O/c13-10-3-1-9(2-4-10)7-11-8-12(14)16(15-11)5-6-17/h1-4,8,17H,5-7,14H2. The number of aromatic nitrogens is 2. The first-order valence-corrected chi connectivity index (χ1v) is 5.36. The monoisotopic (exact) mass is 235 g/mol. The van der Waals surface area contributed by atoms with Gasteiger partial charge in [-0.1, -0.05) is 12.1 Å². The molecule has 0 fully saturated rings. The van der Waals surface area contributed by atoms with Crippen molar-refractivity contribution < 1.29 is 9.50 Å². The molecule has 0 saturated carbocycles. The lowest BCUT2D eigenvalue weighted by Gasteiger charge is -1.99. The molecule has 17 heavy (non-hydrogen) atoms. The second kappa shape index (κ2) is 4.97. The fourth-order valence-electron chi connectivity index (χ4n) is 1.66. The van der Waals surface area contributed by atoms with Crippen LogP contribution in [0.1, 0.15) is 11.3 Å². The molecule has 0 aliphatic carbocycles. The van der Waals surface area contributed by atoms with Crippen LogP contribution in [-0.4, -0.2) is 21.5 Å². The van der Waals surface area contributed by atoms with E-state index in [1.807, 2.05) is 0 Å². The van der Waals surface area contributed by atoms with Gasteiger partial charge in [-0.25, -0.2) is 9.07 Å². The number of anilines is 1. The zero-order valence-corrected chi connectivity index (χ0v) is 9.31. The second-order valence-electron chi connectivity index (χ2n) is 3.81. The molecule has 0 bridgehead atoms. The molecule has 0 saturated heterocycles. The number of halogens is 1. The molecule has 0 radical (unpaired) electrons. The smallest absolute Gasteiger partial charge is 0.123 e. The van der Waals surface area contributed by atoms with E-state index in [9.17, 15) is 4.39 Å². The van der Waals surface area contributed by atoms with E-state index >= 15 is 0 Å². The van der Waals surface area contributed by atoms with Gasteiger partial charge in [0.05, 0.1) is 18.8 Å². The zero-order chi connectivity index (χ0) is 12.3. The van der Waals surface area contributed by atoms with Gasteiger partial charge in [-0.05, 0) is 17.7 Å². The average Bonchev–Trinajstić information content (AvgIpc) is 2.63. The molecule has 2 aromatic rings. The Morgan fingerprint density at radius 1 is 1.29 bits per heavy atom. The van der Waals surface area contributed by atoms with Gasteiger partial charge in [0, 0.05) is 12.5 Å². The lowest BCUT2D eigenvalue weighted by atomic mass is 10.1. The molecule has 0 spiro atoms. The van der Waals surface area contributed by atoms with E-state index < -0.39 is 0 Å². The first-order valence-electron chi connectivity index (χ1n) is 5.36. The minimum atomic E-state index is -0.251. The van der Waals surface area contributed by atoms with Crippen molar-refractivity contribution in [2.24, 2.45) is 0 Å². The van der Waals surface area contributed by atoms with E-state index in [0.29, 0.717) is 18.8 Å². The molecular weight excluding hydrogens is 221 g/mol. The summed E-state index contributed by atoms with van der Waals surface area (Å²) in [6, 6.07) is 8.04. The first kappa shape index (κ1) is 11.6. The van der Waals surface area contributed by atoms with Crippen molar-refractivity contribution in [2.75, 3.05) is 12.3 Å². The van der Waals surface area contributed by atoms with Gasteiger partial charge in [-0.15, -0.1) is 0 Å². The molecule has 1 heterocycles. The van der Waals surface area contributed by atoms with E-state index in [-0.39, 0.29) is 12.4 Å². The Kier molecular flexibility index (Phi) is 3.39. The normalized spacial score (nSPS) is 10.7.